The van der Waals surface area contributed by atoms with Gasteiger partial charge in [-0.15, -0.1) is 0 Å². The highest BCUT2D eigenvalue weighted by atomic mass is 16.5. The molecule has 6 heteroatoms. The number of aliphatic carboxylic acids is 1. The predicted octanol–water partition coefficient (Wildman–Crippen LogP) is 4.75. The number of carbonyl (C=O) groups is 1. The van der Waals surface area contributed by atoms with Crippen LogP contribution < -0.4 is 5.32 Å². The van der Waals surface area contributed by atoms with Crippen molar-refractivity contribution < 1.29 is 14.4 Å². The lowest BCUT2D eigenvalue weighted by Gasteiger charge is -2.52. The lowest BCUT2D eigenvalue weighted by Crippen LogP contribution is -2.47. The zero-order valence-electron chi connectivity index (χ0n) is 16.6. The van der Waals surface area contributed by atoms with Crippen LogP contribution in [0.1, 0.15) is 74.6 Å². The van der Waals surface area contributed by atoms with Crippen molar-refractivity contribution >= 4 is 17.7 Å². The minimum atomic E-state index is -0.930. The molecule has 0 spiro atoms. The van der Waals surface area contributed by atoms with Crippen LogP contribution in [0.3, 0.4) is 0 Å². The second-order valence-corrected chi connectivity index (χ2v) is 9.16. The van der Waals surface area contributed by atoms with Crippen LogP contribution in [0.4, 0.5) is 5.69 Å². The zero-order chi connectivity index (χ0) is 19.9. The molecule has 2 bridgehead atoms. The van der Waals surface area contributed by atoms with E-state index in [1.54, 1.807) is 6.08 Å². The van der Waals surface area contributed by atoms with Crippen LogP contribution in [-0.4, -0.2) is 27.8 Å². The topological polar surface area (TPSA) is 88.2 Å². The number of carboxylic acids is 1. The SMILES string of the molecule is O=C(O)/C=C/c1cccc(NCC23CCC(c4nc(C5CC5)no4)(CC2)CC3)c1. The summed E-state index contributed by atoms with van der Waals surface area (Å²) in [6.45, 7) is 0.951. The highest BCUT2D eigenvalue weighted by Crippen LogP contribution is 2.57. The van der Waals surface area contributed by atoms with E-state index in [2.05, 4.69) is 10.5 Å². The normalized spacial score (nSPS) is 28.7. The van der Waals surface area contributed by atoms with E-state index in [1.807, 2.05) is 24.3 Å². The van der Waals surface area contributed by atoms with Crippen molar-refractivity contribution in [1.82, 2.24) is 10.1 Å². The second kappa shape index (κ2) is 7.01. The molecule has 6 nitrogen and oxygen atoms in total. The average Bonchev–Trinajstić information content (AvgIpc) is 3.48. The quantitative estimate of drug-likeness (QED) is 0.660. The van der Waals surface area contributed by atoms with E-state index in [4.69, 9.17) is 14.6 Å². The minimum absolute atomic E-state index is 0.101. The molecule has 2 aromatic rings. The van der Waals surface area contributed by atoms with Gasteiger partial charge in [-0.1, -0.05) is 17.3 Å². The van der Waals surface area contributed by atoms with Crippen molar-refractivity contribution in [2.24, 2.45) is 5.41 Å². The number of carboxylic acid groups (broad SMARTS) is 1. The van der Waals surface area contributed by atoms with Gasteiger partial charge in [0, 0.05) is 29.6 Å². The summed E-state index contributed by atoms with van der Waals surface area (Å²) < 4.78 is 5.71. The Bertz CT molecular complexity index is 920. The lowest BCUT2D eigenvalue weighted by atomic mass is 9.53. The third-order valence-corrected chi connectivity index (χ3v) is 7.21. The van der Waals surface area contributed by atoms with Gasteiger partial charge in [0.15, 0.2) is 5.82 Å². The molecule has 29 heavy (non-hydrogen) atoms. The standard InChI is InChI=1S/C23H27N3O3/c27-19(28)7-4-16-2-1-3-18(14-16)24-15-22-8-11-23(12-9-22,13-10-22)21-25-20(26-29-21)17-5-6-17/h1-4,7,14,17,24H,5-6,8-13,15H2,(H,27,28)/b7-4+. The summed E-state index contributed by atoms with van der Waals surface area (Å²) in [5.74, 6) is 1.43. The molecule has 2 N–H and O–H groups in total. The van der Waals surface area contributed by atoms with E-state index < -0.39 is 5.97 Å². The molecule has 0 unspecified atom stereocenters. The molecule has 1 heterocycles. The van der Waals surface area contributed by atoms with E-state index in [1.165, 1.54) is 38.2 Å². The van der Waals surface area contributed by atoms with Gasteiger partial charge in [0.2, 0.25) is 5.89 Å². The average molecular weight is 393 g/mol. The molecule has 4 fully saturated rings. The molecule has 152 valence electrons. The summed E-state index contributed by atoms with van der Waals surface area (Å²) in [5, 5.41) is 16.7. The Balaban J connectivity index is 1.22. The second-order valence-electron chi connectivity index (χ2n) is 9.16. The van der Waals surface area contributed by atoms with Gasteiger partial charge in [-0.3, -0.25) is 0 Å². The summed E-state index contributed by atoms with van der Waals surface area (Å²) in [4.78, 5) is 15.5. The van der Waals surface area contributed by atoms with Gasteiger partial charge in [0.25, 0.3) is 0 Å². The Kier molecular flexibility index (Phi) is 4.45. The fraction of sp³-hybridized carbons (Fsp3) is 0.522. The number of fused-ring (bicyclic) bond motifs is 3. The maximum absolute atomic E-state index is 10.7. The molecule has 0 aliphatic heterocycles. The van der Waals surface area contributed by atoms with E-state index in [0.29, 0.717) is 11.3 Å². The van der Waals surface area contributed by atoms with Crippen molar-refractivity contribution in [2.75, 3.05) is 11.9 Å². The maximum Gasteiger partial charge on any atom is 0.328 e. The van der Waals surface area contributed by atoms with Gasteiger partial charge < -0.3 is 14.9 Å². The molecule has 0 radical (unpaired) electrons. The molecule has 0 saturated heterocycles. The van der Waals surface area contributed by atoms with E-state index in [0.717, 1.165) is 48.8 Å². The number of anilines is 1. The van der Waals surface area contributed by atoms with Crippen LogP contribution in [0, 0.1) is 5.41 Å². The van der Waals surface area contributed by atoms with Crippen molar-refractivity contribution in [3.63, 3.8) is 0 Å². The first kappa shape index (κ1) is 18.4. The van der Waals surface area contributed by atoms with Crippen molar-refractivity contribution in [3.05, 3.63) is 47.6 Å². The van der Waals surface area contributed by atoms with Crippen LogP contribution in [0.15, 0.2) is 34.9 Å². The monoisotopic (exact) mass is 393 g/mol. The highest BCUT2D eigenvalue weighted by molar-refractivity contribution is 5.85. The summed E-state index contributed by atoms with van der Waals surface area (Å²) in [5.41, 5.74) is 2.36. The van der Waals surface area contributed by atoms with Gasteiger partial charge in [-0.2, -0.15) is 4.98 Å². The van der Waals surface area contributed by atoms with Gasteiger partial charge in [-0.25, -0.2) is 4.79 Å². The molecule has 4 aliphatic rings. The Labute approximate surface area is 170 Å². The third kappa shape index (κ3) is 3.68. The summed E-state index contributed by atoms with van der Waals surface area (Å²) in [6.07, 6.45) is 12.1. The molecule has 0 atom stereocenters. The highest BCUT2D eigenvalue weighted by Gasteiger charge is 2.52. The fourth-order valence-corrected chi connectivity index (χ4v) is 5.02. The molecular formula is C23H27N3O3. The number of nitrogens with zero attached hydrogens (tertiary/aromatic N) is 2. The third-order valence-electron chi connectivity index (χ3n) is 7.21. The van der Waals surface area contributed by atoms with Gasteiger partial charge in [0.1, 0.15) is 0 Å². The lowest BCUT2D eigenvalue weighted by molar-refractivity contribution is -0.131. The van der Waals surface area contributed by atoms with Gasteiger partial charge >= 0.3 is 5.97 Å². The van der Waals surface area contributed by atoms with Gasteiger partial charge in [-0.05, 0) is 80.6 Å². The molecule has 1 aromatic carbocycles. The maximum atomic E-state index is 10.7. The van der Waals surface area contributed by atoms with Crippen LogP contribution in [0.5, 0.6) is 0 Å². The van der Waals surface area contributed by atoms with Crippen LogP contribution in [0.2, 0.25) is 0 Å². The van der Waals surface area contributed by atoms with E-state index >= 15 is 0 Å². The van der Waals surface area contributed by atoms with Crippen molar-refractivity contribution in [1.29, 1.82) is 0 Å². The summed E-state index contributed by atoms with van der Waals surface area (Å²) in [7, 11) is 0. The Morgan fingerprint density at radius 3 is 2.66 bits per heavy atom. The first-order chi connectivity index (χ1) is 14.1. The number of benzene rings is 1. The molecular weight excluding hydrogens is 366 g/mol. The molecule has 4 aliphatic carbocycles. The predicted molar refractivity (Wildman–Crippen MR) is 110 cm³/mol. The zero-order valence-corrected chi connectivity index (χ0v) is 16.6. The molecule has 1 aromatic heterocycles. The van der Waals surface area contributed by atoms with Crippen LogP contribution in [-0.2, 0) is 10.2 Å². The van der Waals surface area contributed by atoms with Crippen molar-refractivity contribution in [3.8, 4) is 0 Å². The smallest absolute Gasteiger partial charge is 0.328 e. The Morgan fingerprint density at radius 2 is 1.97 bits per heavy atom. The van der Waals surface area contributed by atoms with Gasteiger partial charge in [0.05, 0.1) is 0 Å². The number of nitrogens with one attached hydrogen (secondary N) is 1. The minimum Gasteiger partial charge on any atom is -0.478 e. The Hall–Kier alpha value is -2.63. The number of hydrogen-bond acceptors (Lipinski definition) is 5. The van der Waals surface area contributed by atoms with Crippen LogP contribution in [0.25, 0.3) is 6.08 Å². The summed E-state index contributed by atoms with van der Waals surface area (Å²) in [6, 6.07) is 7.92. The molecule has 0 amide bonds. The van der Waals surface area contributed by atoms with Crippen LogP contribution >= 0.6 is 0 Å². The Morgan fingerprint density at radius 1 is 1.21 bits per heavy atom. The van der Waals surface area contributed by atoms with Crippen molar-refractivity contribution in [2.45, 2.75) is 62.7 Å². The fourth-order valence-electron chi connectivity index (χ4n) is 5.02. The first-order valence-corrected chi connectivity index (χ1v) is 10.7. The van der Waals surface area contributed by atoms with E-state index in [9.17, 15) is 4.79 Å². The number of aromatic nitrogens is 2. The molecule has 4 saturated carbocycles. The number of hydrogen-bond donors (Lipinski definition) is 2. The summed E-state index contributed by atoms with van der Waals surface area (Å²) >= 11 is 0. The number of rotatable bonds is 7. The van der Waals surface area contributed by atoms with E-state index in [-0.39, 0.29) is 5.41 Å². The first-order valence-electron chi connectivity index (χ1n) is 10.7. The molecule has 6 rings (SSSR count). The largest absolute Gasteiger partial charge is 0.478 e.